The smallest absolute Gasteiger partial charge is 0.225 e. The minimum Gasteiger partial charge on any atom is -0.367 e. The molecular weight excluding hydrogens is 278 g/mol. The van der Waals surface area contributed by atoms with E-state index in [0.29, 0.717) is 11.3 Å². The van der Waals surface area contributed by atoms with Gasteiger partial charge >= 0.3 is 0 Å². The SMILES string of the molecule is Cc1cc2c(NC(C)C3CCCC3)nc(Cl)nc2s1. The molecule has 1 aliphatic rings. The van der Waals surface area contributed by atoms with Crippen molar-refractivity contribution in [2.24, 2.45) is 5.92 Å². The quantitative estimate of drug-likeness (QED) is 0.838. The van der Waals surface area contributed by atoms with Crippen LogP contribution in [0.5, 0.6) is 0 Å². The summed E-state index contributed by atoms with van der Waals surface area (Å²) in [6.45, 7) is 4.33. The highest BCUT2D eigenvalue weighted by molar-refractivity contribution is 7.18. The Morgan fingerprint density at radius 3 is 2.84 bits per heavy atom. The van der Waals surface area contributed by atoms with Crippen molar-refractivity contribution >= 4 is 39.0 Å². The molecule has 1 aliphatic carbocycles. The molecule has 3 nitrogen and oxygen atoms in total. The highest BCUT2D eigenvalue weighted by atomic mass is 35.5. The molecule has 3 rings (SSSR count). The second-order valence-electron chi connectivity index (χ2n) is 5.39. The van der Waals surface area contributed by atoms with E-state index in [1.807, 2.05) is 0 Å². The van der Waals surface area contributed by atoms with Crippen LogP contribution in [-0.2, 0) is 0 Å². The third kappa shape index (κ3) is 2.70. The van der Waals surface area contributed by atoms with Crippen LogP contribution in [-0.4, -0.2) is 16.0 Å². The number of thiophene rings is 1. The first-order valence-corrected chi connectivity index (χ1v) is 8.03. The van der Waals surface area contributed by atoms with Gasteiger partial charge in [0, 0.05) is 10.9 Å². The third-order valence-corrected chi connectivity index (χ3v) is 5.07. The molecule has 19 heavy (non-hydrogen) atoms. The average Bonchev–Trinajstić information content (AvgIpc) is 2.96. The number of aromatic nitrogens is 2. The number of anilines is 1. The fourth-order valence-corrected chi connectivity index (χ4v) is 4.02. The number of hydrogen-bond donors (Lipinski definition) is 1. The van der Waals surface area contributed by atoms with E-state index in [-0.39, 0.29) is 0 Å². The summed E-state index contributed by atoms with van der Waals surface area (Å²) in [5, 5.41) is 4.98. The van der Waals surface area contributed by atoms with Crippen molar-refractivity contribution in [3.8, 4) is 0 Å². The summed E-state index contributed by atoms with van der Waals surface area (Å²) >= 11 is 7.68. The molecule has 0 aliphatic heterocycles. The van der Waals surface area contributed by atoms with Gasteiger partial charge in [-0.2, -0.15) is 0 Å². The van der Waals surface area contributed by atoms with Crippen molar-refractivity contribution in [2.45, 2.75) is 45.6 Å². The predicted molar refractivity (Wildman–Crippen MR) is 82.2 cm³/mol. The molecule has 2 aromatic rings. The Balaban J connectivity index is 1.90. The summed E-state index contributed by atoms with van der Waals surface area (Å²) in [5.41, 5.74) is 0. The van der Waals surface area contributed by atoms with Crippen LogP contribution < -0.4 is 5.32 Å². The Morgan fingerprint density at radius 2 is 2.11 bits per heavy atom. The standard InChI is InChI=1S/C14H18ClN3S/c1-8-7-11-12(17-14(15)18-13(11)19-8)16-9(2)10-5-3-4-6-10/h7,9-10H,3-6H2,1-2H3,(H,16,17,18). The second kappa shape index (κ2) is 5.25. The van der Waals surface area contributed by atoms with Gasteiger partial charge in [0.2, 0.25) is 5.28 Å². The van der Waals surface area contributed by atoms with Crippen LogP contribution in [0.2, 0.25) is 5.28 Å². The largest absolute Gasteiger partial charge is 0.367 e. The Labute approximate surface area is 122 Å². The summed E-state index contributed by atoms with van der Waals surface area (Å²) < 4.78 is 0. The van der Waals surface area contributed by atoms with Crippen molar-refractivity contribution in [3.05, 3.63) is 16.2 Å². The lowest BCUT2D eigenvalue weighted by atomic mass is 10.00. The van der Waals surface area contributed by atoms with E-state index < -0.39 is 0 Å². The zero-order valence-electron chi connectivity index (χ0n) is 11.2. The number of halogens is 1. The third-order valence-electron chi connectivity index (χ3n) is 3.96. The molecule has 0 radical (unpaired) electrons. The first-order chi connectivity index (χ1) is 9.13. The highest BCUT2D eigenvalue weighted by Crippen LogP contribution is 2.33. The molecule has 102 valence electrons. The van der Waals surface area contributed by atoms with Crippen LogP contribution in [0.1, 0.15) is 37.5 Å². The van der Waals surface area contributed by atoms with E-state index >= 15 is 0 Å². The molecule has 1 N–H and O–H groups in total. The zero-order valence-corrected chi connectivity index (χ0v) is 12.8. The van der Waals surface area contributed by atoms with Gasteiger partial charge in [0.05, 0.1) is 5.39 Å². The zero-order chi connectivity index (χ0) is 13.4. The van der Waals surface area contributed by atoms with Crippen molar-refractivity contribution in [3.63, 3.8) is 0 Å². The number of aryl methyl sites for hydroxylation is 1. The molecule has 0 saturated heterocycles. The minimum absolute atomic E-state index is 0.329. The molecule has 1 fully saturated rings. The van der Waals surface area contributed by atoms with Crippen LogP contribution in [0, 0.1) is 12.8 Å². The lowest BCUT2D eigenvalue weighted by molar-refractivity contribution is 0.481. The van der Waals surface area contributed by atoms with Crippen LogP contribution in [0.25, 0.3) is 10.2 Å². The summed E-state index contributed by atoms with van der Waals surface area (Å²) in [5.74, 6) is 1.64. The maximum absolute atomic E-state index is 6.02. The fourth-order valence-electron chi connectivity index (χ4n) is 2.92. The number of fused-ring (bicyclic) bond motifs is 1. The van der Waals surface area contributed by atoms with Gasteiger partial charge in [-0.1, -0.05) is 12.8 Å². The number of rotatable bonds is 3. The van der Waals surface area contributed by atoms with E-state index in [2.05, 4.69) is 35.2 Å². The summed E-state index contributed by atoms with van der Waals surface area (Å²) in [7, 11) is 0. The van der Waals surface area contributed by atoms with Gasteiger partial charge in [0.15, 0.2) is 0 Å². The van der Waals surface area contributed by atoms with Crippen LogP contribution in [0.3, 0.4) is 0 Å². The van der Waals surface area contributed by atoms with E-state index in [4.69, 9.17) is 11.6 Å². The van der Waals surface area contributed by atoms with Crippen LogP contribution >= 0.6 is 22.9 Å². The van der Waals surface area contributed by atoms with E-state index in [1.54, 1.807) is 11.3 Å². The fraction of sp³-hybridized carbons (Fsp3) is 0.571. The maximum atomic E-state index is 6.02. The Morgan fingerprint density at radius 1 is 1.37 bits per heavy atom. The van der Waals surface area contributed by atoms with Crippen molar-refractivity contribution in [1.82, 2.24) is 9.97 Å². The van der Waals surface area contributed by atoms with Gasteiger partial charge in [-0.15, -0.1) is 11.3 Å². The molecule has 5 heteroatoms. The first kappa shape index (κ1) is 13.1. The van der Waals surface area contributed by atoms with Gasteiger partial charge in [-0.25, -0.2) is 9.97 Å². The number of nitrogens with one attached hydrogen (secondary N) is 1. The summed E-state index contributed by atoms with van der Waals surface area (Å²) in [6.07, 6.45) is 5.35. The lowest BCUT2D eigenvalue weighted by Gasteiger charge is -2.21. The molecule has 2 heterocycles. The molecule has 0 amide bonds. The Hall–Kier alpha value is -0.870. The normalized spacial score (nSPS) is 18.1. The molecule has 2 aromatic heterocycles. The van der Waals surface area contributed by atoms with Gasteiger partial charge in [0.25, 0.3) is 0 Å². The Bertz CT molecular complexity index is 590. The molecule has 1 atom stereocenters. The van der Waals surface area contributed by atoms with Gasteiger partial charge in [0.1, 0.15) is 10.6 Å². The van der Waals surface area contributed by atoms with Gasteiger partial charge in [-0.05, 0) is 50.3 Å². The lowest BCUT2D eigenvalue weighted by Crippen LogP contribution is -2.24. The van der Waals surface area contributed by atoms with Gasteiger partial charge < -0.3 is 5.32 Å². The molecule has 1 unspecified atom stereocenters. The van der Waals surface area contributed by atoms with E-state index in [0.717, 1.165) is 22.0 Å². The molecular formula is C14H18ClN3S. The topological polar surface area (TPSA) is 37.8 Å². The number of nitrogens with zero attached hydrogens (tertiary/aromatic N) is 2. The van der Waals surface area contributed by atoms with E-state index in [1.165, 1.54) is 30.6 Å². The van der Waals surface area contributed by atoms with E-state index in [9.17, 15) is 0 Å². The predicted octanol–water partition coefficient (Wildman–Crippen LogP) is 4.64. The second-order valence-corrected chi connectivity index (χ2v) is 6.97. The monoisotopic (exact) mass is 295 g/mol. The first-order valence-electron chi connectivity index (χ1n) is 6.83. The van der Waals surface area contributed by atoms with Crippen LogP contribution in [0.4, 0.5) is 5.82 Å². The molecule has 1 saturated carbocycles. The van der Waals surface area contributed by atoms with Crippen molar-refractivity contribution in [1.29, 1.82) is 0 Å². The summed E-state index contributed by atoms with van der Waals surface area (Å²) in [6, 6.07) is 2.58. The Kier molecular flexibility index (Phi) is 3.63. The molecule has 0 bridgehead atoms. The summed E-state index contributed by atoms with van der Waals surface area (Å²) in [4.78, 5) is 10.9. The molecule has 0 spiro atoms. The molecule has 0 aromatic carbocycles. The maximum Gasteiger partial charge on any atom is 0.225 e. The number of hydrogen-bond acceptors (Lipinski definition) is 4. The van der Waals surface area contributed by atoms with Gasteiger partial charge in [-0.3, -0.25) is 0 Å². The van der Waals surface area contributed by atoms with Crippen molar-refractivity contribution < 1.29 is 0 Å². The van der Waals surface area contributed by atoms with Crippen LogP contribution in [0.15, 0.2) is 6.07 Å². The van der Waals surface area contributed by atoms with Crippen molar-refractivity contribution in [2.75, 3.05) is 5.32 Å². The highest BCUT2D eigenvalue weighted by Gasteiger charge is 2.22. The minimum atomic E-state index is 0.329. The average molecular weight is 296 g/mol.